The Labute approximate surface area is 80.5 Å². The smallest absolute Gasteiger partial charge is 0.316 e. The van der Waals surface area contributed by atoms with Crippen molar-refractivity contribution in [2.45, 2.75) is 12.1 Å². The van der Waals surface area contributed by atoms with Gasteiger partial charge in [0.2, 0.25) is 0 Å². The van der Waals surface area contributed by atoms with Crippen molar-refractivity contribution in [2.75, 3.05) is 12.4 Å². The molecule has 13 heavy (non-hydrogen) atoms. The van der Waals surface area contributed by atoms with Gasteiger partial charge in [-0.25, -0.2) is 9.67 Å². The molecule has 0 unspecified atom stereocenters. The topological polar surface area (TPSA) is 57.0 Å². The molecule has 0 aliphatic heterocycles. The molecule has 0 amide bonds. The third-order valence-corrected chi connectivity index (χ3v) is 2.30. The lowest BCUT2D eigenvalue weighted by Gasteiger charge is -2.00. The van der Waals surface area contributed by atoms with Crippen LogP contribution in [0.3, 0.4) is 0 Å². The van der Waals surface area contributed by atoms with Gasteiger partial charge < -0.3 is 4.74 Å². The molecule has 0 bridgehead atoms. The van der Waals surface area contributed by atoms with Gasteiger partial charge in [-0.05, 0) is 6.92 Å². The first-order valence-electron chi connectivity index (χ1n) is 3.86. The first kappa shape index (κ1) is 10.0. The zero-order valence-electron chi connectivity index (χ0n) is 7.56. The van der Waals surface area contributed by atoms with Crippen molar-refractivity contribution >= 4 is 17.7 Å². The van der Waals surface area contributed by atoms with Crippen molar-refractivity contribution in [3.8, 4) is 0 Å². The monoisotopic (exact) mass is 201 g/mol. The second-order valence-corrected chi connectivity index (χ2v) is 3.20. The summed E-state index contributed by atoms with van der Waals surface area (Å²) >= 11 is 1.32. The van der Waals surface area contributed by atoms with E-state index in [0.29, 0.717) is 11.8 Å². The molecule has 5 nitrogen and oxygen atoms in total. The van der Waals surface area contributed by atoms with E-state index in [1.165, 1.54) is 18.1 Å². The molecule has 0 spiro atoms. The highest BCUT2D eigenvalue weighted by molar-refractivity contribution is 7.99. The fourth-order valence-corrected chi connectivity index (χ4v) is 1.43. The molecule has 0 atom stereocenters. The van der Waals surface area contributed by atoms with Crippen LogP contribution in [0, 0.1) is 0 Å². The highest BCUT2D eigenvalue weighted by Gasteiger charge is 2.06. The molecule has 0 aromatic carbocycles. The summed E-state index contributed by atoms with van der Waals surface area (Å²) in [5.41, 5.74) is 0. The summed E-state index contributed by atoms with van der Waals surface area (Å²) in [6.45, 7) is 2.20. The normalized spacial score (nSPS) is 10.0. The lowest BCUT2D eigenvalue weighted by molar-refractivity contribution is -0.139. The van der Waals surface area contributed by atoms with Gasteiger partial charge in [0.15, 0.2) is 5.16 Å². The Hall–Kier alpha value is -1.04. The maximum Gasteiger partial charge on any atom is 0.316 e. The van der Waals surface area contributed by atoms with Crippen molar-refractivity contribution in [3.63, 3.8) is 0 Å². The van der Waals surface area contributed by atoms with Crippen LogP contribution in [0.15, 0.2) is 11.5 Å². The Balaban J connectivity index is 2.35. The van der Waals surface area contributed by atoms with Crippen molar-refractivity contribution < 1.29 is 9.53 Å². The van der Waals surface area contributed by atoms with Gasteiger partial charge in [-0.15, -0.1) is 0 Å². The molecule has 1 aromatic heterocycles. The molecule has 0 saturated carbocycles. The van der Waals surface area contributed by atoms with E-state index in [2.05, 4.69) is 10.1 Å². The number of ether oxygens (including phenoxy) is 1. The molecule has 1 aromatic rings. The van der Waals surface area contributed by atoms with E-state index in [1.54, 1.807) is 18.7 Å². The summed E-state index contributed by atoms with van der Waals surface area (Å²) in [6.07, 6.45) is 1.45. The molecule has 0 N–H and O–H groups in total. The molecule has 1 rings (SSSR count). The number of esters is 1. The van der Waals surface area contributed by atoms with E-state index < -0.39 is 0 Å². The fourth-order valence-electron chi connectivity index (χ4n) is 0.742. The van der Waals surface area contributed by atoms with Gasteiger partial charge in [0.25, 0.3) is 0 Å². The van der Waals surface area contributed by atoms with Crippen LogP contribution < -0.4 is 0 Å². The van der Waals surface area contributed by atoms with Crippen molar-refractivity contribution in [1.29, 1.82) is 0 Å². The first-order valence-corrected chi connectivity index (χ1v) is 4.85. The molecule has 0 fully saturated rings. The van der Waals surface area contributed by atoms with Gasteiger partial charge in [-0.2, -0.15) is 5.10 Å². The molecular weight excluding hydrogens is 190 g/mol. The zero-order chi connectivity index (χ0) is 9.68. The van der Waals surface area contributed by atoms with Crippen LogP contribution in [0.25, 0.3) is 0 Å². The van der Waals surface area contributed by atoms with E-state index in [0.717, 1.165) is 0 Å². The third-order valence-electron chi connectivity index (χ3n) is 1.29. The number of aryl methyl sites for hydroxylation is 1. The number of nitrogens with zero attached hydrogens (tertiary/aromatic N) is 3. The maximum absolute atomic E-state index is 10.9. The quantitative estimate of drug-likeness (QED) is 0.523. The van der Waals surface area contributed by atoms with Crippen LogP contribution >= 0.6 is 11.8 Å². The predicted molar refractivity (Wildman–Crippen MR) is 48.4 cm³/mol. The number of carbonyl (C=O) groups is 1. The Morgan fingerprint density at radius 3 is 3.08 bits per heavy atom. The van der Waals surface area contributed by atoms with Gasteiger partial charge in [0.1, 0.15) is 6.33 Å². The minimum absolute atomic E-state index is 0.226. The zero-order valence-corrected chi connectivity index (χ0v) is 8.37. The molecule has 0 radical (unpaired) electrons. The summed E-state index contributed by atoms with van der Waals surface area (Å²) in [6, 6.07) is 0. The van der Waals surface area contributed by atoms with Crippen LogP contribution in [-0.4, -0.2) is 33.1 Å². The van der Waals surface area contributed by atoms with Crippen molar-refractivity contribution in [1.82, 2.24) is 14.8 Å². The number of thioether (sulfide) groups is 1. The Morgan fingerprint density at radius 2 is 2.54 bits per heavy atom. The van der Waals surface area contributed by atoms with Crippen LogP contribution in [-0.2, 0) is 16.6 Å². The van der Waals surface area contributed by atoms with E-state index in [-0.39, 0.29) is 11.7 Å². The van der Waals surface area contributed by atoms with E-state index in [1.807, 2.05) is 0 Å². The minimum Gasteiger partial charge on any atom is -0.465 e. The van der Waals surface area contributed by atoms with Crippen LogP contribution in [0.2, 0.25) is 0 Å². The van der Waals surface area contributed by atoms with Crippen LogP contribution in [0.4, 0.5) is 0 Å². The average molecular weight is 201 g/mol. The SMILES string of the molecule is CCOC(=O)CSc1ncnn1C. The Morgan fingerprint density at radius 1 is 1.77 bits per heavy atom. The largest absolute Gasteiger partial charge is 0.465 e. The molecule has 72 valence electrons. The number of hydrogen-bond donors (Lipinski definition) is 0. The summed E-state index contributed by atoms with van der Waals surface area (Å²) in [4.78, 5) is 14.9. The van der Waals surface area contributed by atoms with E-state index in [9.17, 15) is 4.79 Å². The van der Waals surface area contributed by atoms with Crippen molar-refractivity contribution in [2.24, 2.45) is 7.05 Å². The molecule has 0 aliphatic rings. The Kier molecular flexibility index (Phi) is 3.75. The fraction of sp³-hybridized carbons (Fsp3) is 0.571. The Bertz CT molecular complexity index is 287. The maximum atomic E-state index is 10.9. The van der Waals surface area contributed by atoms with Gasteiger partial charge in [0.05, 0.1) is 12.4 Å². The van der Waals surface area contributed by atoms with E-state index in [4.69, 9.17) is 4.74 Å². The molecule has 1 heterocycles. The number of carbonyl (C=O) groups excluding carboxylic acids is 1. The summed E-state index contributed by atoms with van der Waals surface area (Å²) in [5, 5.41) is 4.59. The molecule has 0 aliphatic carbocycles. The molecule has 6 heteroatoms. The van der Waals surface area contributed by atoms with Crippen LogP contribution in [0.1, 0.15) is 6.92 Å². The summed E-state index contributed by atoms with van der Waals surface area (Å²) in [7, 11) is 1.78. The number of aromatic nitrogens is 3. The average Bonchev–Trinajstić information content (AvgIpc) is 2.48. The second kappa shape index (κ2) is 4.86. The van der Waals surface area contributed by atoms with Crippen molar-refractivity contribution in [3.05, 3.63) is 6.33 Å². The number of rotatable bonds is 4. The van der Waals surface area contributed by atoms with Crippen LogP contribution in [0.5, 0.6) is 0 Å². The highest BCUT2D eigenvalue weighted by Crippen LogP contribution is 2.12. The third kappa shape index (κ3) is 3.06. The number of hydrogen-bond acceptors (Lipinski definition) is 5. The van der Waals surface area contributed by atoms with Gasteiger partial charge >= 0.3 is 5.97 Å². The minimum atomic E-state index is -0.226. The predicted octanol–water partition coefficient (Wildman–Crippen LogP) is 0.470. The molecule has 0 saturated heterocycles. The van der Waals surface area contributed by atoms with Gasteiger partial charge in [-0.3, -0.25) is 4.79 Å². The molecular formula is C7H11N3O2S. The summed E-state index contributed by atoms with van der Waals surface area (Å²) < 4.78 is 6.38. The first-order chi connectivity index (χ1) is 6.24. The lowest BCUT2D eigenvalue weighted by Crippen LogP contribution is -2.07. The second-order valence-electron chi connectivity index (χ2n) is 2.26. The van der Waals surface area contributed by atoms with Gasteiger partial charge in [-0.1, -0.05) is 11.8 Å². The highest BCUT2D eigenvalue weighted by atomic mass is 32.2. The van der Waals surface area contributed by atoms with Gasteiger partial charge in [0, 0.05) is 7.05 Å². The lowest BCUT2D eigenvalue weighted by atomic mass is 10.8. The van der Waals surface area contributed by atoms with E-state index >= 15 is 0 Å². The summed E-state index contributed by atoms with van der Waals surface area (Å²) in [5.74, 6) is 0.0518. The standard InChI is InChI=1S/C7H11N3O2S/c1-3-12-6(11)4-13-7-8-5-9-10(7)2/h5H,3-4H2,1-2H3.